The molecule has 18 heavy (non-hydrogen) atoms. The highest BCUT2D eigenvalue weighted by Gasteiger charge is 2.46. The van der Waals surface area contributed by atoms with Crippen molar-refractivity contribution in [3.05, 3.63) is 11.8 Å². The average Bonchev–Trinajstić information content (AvgIpc) is 2.98. The van der Waals surface area contributed by atoms with Gasteiger partial charge in [-0.05, 0) is 18.9 Å². The van der Waals surface area contributed by atoms with Crippen molar-refractivity contribution >= 4 is 11.9 Å². The summed E-state index contributed by atoms with van der Waals surface area (Å²) in [6, 6.07) is 0. The second kappa shape index (κ2) is 4.75. The van der Waals surface area contributed by atoms with Crippen LogP contribution in [0.5, 0.6) is 0 Å². The Balaban J connectivity index is 1.62. The minimum atomic E-state index is -0.529. The van der Waals surface area contributed by atoms with Crippen LogP contribution in [0, 0.1) is 0 Å². The Morgan fingerprint density at radius 1 is 1.22 bits per heavy atom. The molecule has 0 aromatic carbocycles. The molecule has 0 aromatic rings. The zero-order chi connectivity index (χ0) is 12.4. The van der Waals surface area contributed by atoms with E-state index in [0.717, 1.165) is 50.9 Å². The number of nitrogens with zero attached hydrogens (tertiary/aromatic N) is 1. The number of hydrogen-bond acceptors (Lipinski definition) is 4. The number of carbonyl (C=O) groups excluding carboxylic acids is 1. The van der Waals surface area contributed by atoms with Crippen molar-refractivity contribution in [1.82, 2.24) is 0 Å². The van der Waals surface area contributed by atoms with Gasteiger partial charge in [0, 0.05) is 19.3 Å². The van der Waals surface area contributed by atoms with E-state index in [9.17, 15) is 4.79 Å². The van der Waals surface area contributed by atoms with Crippen LogP contribution in [-0.2, 0) is 14.3 Å². The van der Waals surface area contributed by atoms with Crippen LogP contribution in [0.3, 0.4) is 0 Å². The van der Waals surface area contributed by atoms with Gasteiger partial charge in [0.2, 0.25) is 0 Å². The minimum absolute atomic E-state index is 0.126. The van der Waals surface area contributed by atoms with Gasteiger partial charge in [0.15, 0.2) is 11.4 Å². The molecule has 0 atom stereocenters. The van der Waals surface area contributed by atoms with E-state index in [0.29, 0.717) is 12.3 Å². The molecule has 4 nitrogen and oxygen atoms in total. The van der Waals surface area contributed by atoms with Crippen molar-refractivity contribution in [2.75, 3.05) is 6.61 Å². The predicted octanol–water partition coefficient (Wildman–Crippen LogP) is 2.73. The summed E-state index contributed by atoms with van der Waals surface area (Å²) in [6.07, 6.45) is 9.66. The van der Waals surface area contributed by atoms with Crippen molar-refractivity contribution in [2.24, 2.45) is 4.99 Å². The molecule has 1 saturated carbocycles. The first kappa shape index (κ1) is 11.8. The summed E-state index contributed by atoms with van der Waals surface area (Å²) in [5, 5.41) is 0. The molecule has 1 spiro atoms. The summed E-state index contributed by atoms with van der Waals surface area (Å²) in [7, 11) is 0. The summed E-state index contributed by atoms with van der Waals surface area (Å²) < 4.78 is 10.8. The highest BCUT2D eigenvalue weighted by atomic mass is 16.6. The Hall–Kier alpha value is -1.32. The second-order valence-electron chi connectivity index (χ2n) is 5.29. The molecule has 2 heterocycles. The molecule has 0 aromatic heterocycles. The highest BCUT2D eigenvalue weighted by Crippen LogP contribution is 2.37. The summed E-state index contributed by atoms with van der Waals surface area (Å²) in [6.45, 7) is 0.783. The Kier molecular flexibility index (Phi) is 3.10. The van der Waals surface area contributed by atoms with E-state index >= 15 is 0 Å². The van der Waals surface area contributed by atoms with Gasteiger partial charge in [-0.1, -0.05) is 19.3 Å². The van der Waals surface area contributed by atoms with E-state index in [1.165, 1.54) is 6.42 Å². The lowest BCUT2D eigenvalue weighted by molar-refractivity contribution is -0.140. The monoisotopic (exact) mass is 249 g/mol. The van der Waals surface area contributed by atoms with Crippen molar-refractivity contribution in [1.29, 1.82) is 0 Å². The van der Waals surface area contributed by atoms with Gasteiger partial charge in [0.25, 0.3) is 0 Å². The number of hydrogen-bond donors (Lipinski definition) is 0. The first-order chi connectivity index (χ1) is 8.78. The fourth-order valence-electron chi connectivity index (χ4n) is 2.94. The van der Waals surface area contributed by atoms with Crippen LogP contribution in [0.15, 0.2) is 16.8 Å². The lowest BCUT2D eigenvalue weighted by Gasteiger charge is -2.25. The molecule has 3 rings (SSSR count). The molecule has 3 aliphatic rings. The normalized spacial score (nSPS) is 25.7. The van der Waals surface area contributed by atoms with Gasteiger partial charge in [-0.2, -0.15) is 0 Å². The van der Waals surface area contributed by atoms with Gasteiger partial charge in [0.05, 0.1) is 12.4 Å². The van der Waals surface area contributed by atoms with Gasteiger partial charge in [-0.25, -0.2) is 9.79 Å². The van der Waals surface area contributed by atoms with Gasteiger partial charge in [-0.3, -0.25) is 0 Å². The largest absolute Gasteiger partial charge is 0.498 e. The summed E-state index contributed by atoms with van der Waals surface area (Å²) in [4.78, 5) is 16.6. The summed E-state index contributed by atoms with van der Waals surface area (Å²) in [5.41, 5.74) is -0.529. The number of carbonyl (C=O) groups is 1. The molecule has 0 bridgehead atoms. The Bertz CT molecular complexity index is 405. The Morgan fingerprint density at radius 3 is 2.78 bits per heavy atom. The molecule has 98 valence electrons. The number of ether oxygens (including phenoxy) is 2. The lowest BCUT2D eigenvalue weighted by Crippen LogP contribution is -2.35. The van der Waals surface area contributed by atoms with Gasteiger partial charge < -0.3 is 9.47 Å². The fourth-order valence-corrected chi connectivity index (χ4v) is 2.94. The minimum Gasteiger partial charge on any atom is -0.498 e. The fraction of sp³-hybridized carbons (Fsp3) is 0.714. The molecule has 1 aliphatic carbocycles. The third kappa shape index (κ3) is 2.16. The van der Waals surface area contributed by atoms with Gasteiger partial charge >= 0.3 is 5.97 Å². The van der Waals surface area contributed by atoms with Crippen LogP contribution in [0.1, 0.15) is 51.4 Å². The Morgan fingerprint density at radius 2 is 2.06 bits per heavy atom. The third-order valence-electron chi connectivity index (χ3n) is 3.97. The third-order valence-corrected chi connectivity index (χ3v) is 3.97. The average molecular weight is 249 g/mol. The zero-order valence-corrected chi connectivity index (χ0v) is 10.6. The van der Waals surface area contributed by atoms with Gasteiger partial charge in [0.1, 0.15) is 0 Å². The maximum atomic E-state index is 12.0. The van der Waals surface area contributed by atoms with E-state index < -0.39 is 5.54 Å². The topological polar surface area (TPSA) is 47.9 Å². The van der Waals surface area contributed by atoms with E-state index in [2.05, 4.69) is 11.1 Å². The molecule has 1 fully saturated rings. The number of cyclic esters (lactones) is 1. The van der Waals surface area contributed by atoms with E-state index in [4.69, 9.17) is 9.47 Å². The van der Waals surface area contributed by atoms with Crippen LogP contribution < -0.4 is 0 Å². The van der Waals surface area contributed by atoms with Crippen molar-refractivity contribution in [3.63, 3.8) is 0 Å². The van der Waals surface area contributed by atoms with Gasteiger partial charge in [-0.15, -0.1) is 0 Å². The summed E-state index contributed by atoms with van der Waals surface area (Å²) >= 11 is 0. The number of esters is 1. The second-order valence-corrected chi connectivity index (χ2v) is 5.29. The zero-order valence-electron chi connectivity index (χ0n) is 10.6. The van der Waals surface area contributed by atoms with Crippen molar-refractivity contribution in [2.45, 2.75) is 56.9 Å². The van der Waals surface area contributed by atoms with E-state index in [1.54, 1.807) is 0 Å². The standard InChI is InChI=1S/C14H19NO3/c16-13-14(8-2-1-3-9-14)15-12(18-13)7-6-11-5-4-10-17-11/h5H,1-4,6-10H2. The molecule has 0 radical (unpaired) electrons. The number of rotatable bonds is 3. The first-order valence-corrected chi connectivity index (χ1v) is 6.91. The maximum absolute atomic E-state index is 12.0. The molecule has 0 unspecified atom stereocenters. The van der Waals surface area contributed by atoms with Crippen molar-refractivity contribution < 1.29 is 14.3 Å². The smallest absolute Gasteiger partial charge is 0.340 e. The first-order valence-electron chi connectivity index (χ1n) is 6.91. The molecular weight excluding hydrogens is 230 g/mol. The SMILES string of the molecule is O=C1OC(CCC2=CCCO2)=NC12CCCCC2. The predicted molar refractivity (Wildman–Crippen MR) is 67.2 cm³/mol. The number of aliphatic imine (C=N–C) groups is 1. The lowest BCUT2D eigenvalue weighted by atomic mass is 9.83. The molecular formula is C14H19NO3. The summed E-state index contributed by atoms with van der Waals surface area (Å²) in [5.74, 6) is 1.50. The maximum Gasteiger partial charge on any atom is 0.340 e. The van der Waals surface area contributed by atoms with Crippen LogP contribution in [0.25, 0.3) is 0 Å². The highest BCUT2D eigenvalue weighted by molar-refractivity contribution is 6.00. The molecule has 4 heteroatoms. The van der Waals surface area contributed by atoms with Crippen LogP contribution in [0.2, 0.25) is 0 Å². The quantitative estimate of drug-likeness (QED) is 0.722. The van der Waals surface area contributed by atoms with Crippen LogP contribution in [0.4, 0.5) is 0 Å². The number of allylic oxidation sites excluding steroid dienone is 1. The van der Waals surface area contributed by atoms with E-state index in [1.807, 2.05) is 0 Å². The molecule has 0 N–H and O–H groups in total. The molecule has 2 aliphatic heterocycles. The molecule has 0 amide bonds. The molecule has 0 saturated heterocycles. The van der Waals surface area contributed by atoms with E-state index in [-0.39, 0.29) is 5.97 Å². The van der Waals surface area contributed by atoms with Crippen molar-refractivity contribution in [3.8, 4) is 0 Å². The van der Waals surface area contributed by atoms with Crippen LogP contribution >= 0.6 is 0 Å². The van der Waals surface area contributed by atoms with Crippen LogP contribution in [-0.4, -0.2) is 24.0 Å². The Labute approximate surface area is 107 Å².